The minimum atomic E-state index is -0.0586. The van der Waals surface area contributed by atoms with E-state index in [0.29, 0.717) is 40.1 Å². The molecule has 0 spiro atoms. The van der Waals surface area contributed by atoms with Crippen LogP contribution in [0.4, 0.5) is 0 Å². The first-order chi connectivity index (χ1) is 12.6. The lowest BCUT2D eigenvalue weighted by atomic mass is 10.0. The van der Waals surface area contributed by atoms with E-state index in [9.17, 15) is 4.79 Å². The number of Topliss-reactive ketones (excluding diaryl/α,β-unsaturated/α-hetero) is 1. The lowest BCUT2D eigenvalue weighted by Gasteiger charge is -2.19. The Balaban J connectivity index is 1.83. The monoisotopic (exact) mass is 371 g/mol. The molecule has 0 N–H and O–H groups in total. The fourth-order valence-corrected chi connectivity index (χ4v) is 3.41. The van der Waals surface area contributed by atoms with Gasteiger partial charge in [0.1, 0.15) is 0 Å². The Labute approximate surface area is 156 Å². The van der Waals surface area contributed by atoms with Gasteiger partial charge in [-0.15, -0.1) is 0 Å². The number of rotatable bonds is 3. The van der Waals surface area contributed by atoms with Crippen molar-refractivity contribution in [2.24, 2.45) is 0 Å². The van der Waals surface area contributed by atoms with Gasteiger partial charge in [-0.1, -0.05) is 11.6 Å². The van der Waals surface area contributed by atoms with Crippen LogP contribution in [0.5, 0.6) is 17.2 Å². The van der Waals surface area contributed by atoms with E-state index in [1.807, 2.05) is 24.1 Å². The molecule has 0 amide bonds. The summed E-state index contributed by atoms with van der Waals surface area (Å²) >= 11 is 5.94. The number of halogens is 1. The van der Waals surface area contributed by atoms with Crippen LogP contribution in [0.1, 0.15) is 21.5 Å². The van der Waals surface area contributed by atoms with E-state index in [0.717, 1.165) is 17.5 Å². The van der Waals surface area contributed by atoms with Crippen molar-refractivity contribution in [3.05, 3.63) is 57.7 Å². The quantitative estimate of drug-likeness (QED) is 0.768. The number of fused-ring (bicyclic) bond motifs is 2. The van der Waals surface area contributed by atoms with Crippen LogP contribution in [0.3, 0.4) is 0 Å². The maximum absolute atomic E-state index is 13.1. The topological polar surface area (TPSA) is 48.0 Å². The first-order valence-corrected chi connectivity index (χ1v) is 8.69. The van der Waals surface area contributed by atoms with Crippen molar-refractivity contribution in [3.8, 4) is 17.2 Å². The van der Waals surface area contributed by atoms with E-state index in [1.165, 1.54) is 0 Å². The van der Waals surface area contributed by atoms with Crippen molar-refractivity contribution in [2.45, 2.75) is 6.42 Å². The third-order valence-electron chi connectivity index (χ3n) is 4.70. The maximum atomic E-state index is 13.1. The minimum absolute atomic E-state index is 0.0586. The molecule has 6 heteroatoms. The van der Waals surface area contributed by atoms with Gasteiger partial charge in [0.15, 0.2) is 11.5 Å². The van der Waals surface area contributed by atoms with Crippen molar-refractivity contribution >= 4 is 23.5 Å². The molecule has 0 atom stereocenters. The van der Waals surface area contributed by atoms with Gasteiger partial charge in [-0.3, -0.25) is 4.79 Å². The molecule has 0 unspecified atom stereocenters. The van der Waals surface area contributed by atoms with Gasteiger partial charge in [0.2, 0.25) is 18.3 Å². The highest BCUT2D eigenvalue weighted by atomic mass is 35.5. The molecule has 0 aliphatic carbocycles. The molecule has 2 heterocycles. The second-order valence-corrected chi connectivity index (χ2v) is 6.69. The third-order valence-corrected chi connectivity index (χ3v) is 4.95. The molecule has 2 aromatic rings. The van der Waals surface area contributed by atoms with Gasteiger partial charge >= 0.3 is 0 Å². The molecule has 0 saturated heterocycles. The normalized spacial score (nSPS) is 15.2. The van der Waals surface area contributed by atoms with Gasteiger partial charge in [0, 0.05) is 29.7 Å². The van der Waals surface area contributed by atoms with Gasteiger partial charge in [-0.05, 0) is 48.4 Å². The van der Waals surface area contributed by atoms with Crippen LogP contribution in [0.2, 0.25) is 5.02 Å². The number of likely N-dealkylation sites (N-methyl/N-ethyl adjacent to an activating group) is 1. The fraction of sp³-hybridized carbons (Fsp3) is 0.250. The van der Waals surface area contributed by atoms with E-state index in [1.54, 1.807) is 31.4 Å². The Kier molecular flexibility index (Phi) is 4.24. The molecular weight excluding hydrogens is 354 g/mol. The average Bonchev–Trinajstić information content (AvgIpc) is 3.05. The number of ketones is 1. The Morgan fingerprint density at radius 2 is 2.00 bits per heavy atom. The number of carbonyl (C=O) groups is 1. The molecule has 26 heavy (non-hydrogen) atoms. The second-order valence-electron chi connectivity index (χ2n) is 6.25. The van der Waals surface area contributed by atoms with Gasteiger partial charge in [0.25, 0.3) is 0 Å². The lowest BCUT2D eigenvalue weighted by molar-refractivity contribution is 0.100. The Morgan fingerprint density at radius 3 is 2.73 bits per heavy atom. The van der Waals surface area contributed by atoms with E-state index in [2.05, 4.69) is 0 Å². The summed E-state index contributed by atoms with van der Waals surface area (Å²) in [5.74, 6) is 1.82. The zero-order valence-corrected chi connectivity index (χ0v) is 15.3. The van der Waals surface area contributed by atoms with Crippen molar-refractivity contribution in [1.29, 1.82) is 0 Å². The van der Waals surface area contributed by atoms with Crippen LogP contribution >= 0.6 is 11.6 Å². The van der Waals surface area contributed by atoms with E-state index in [-0.39, 0.29) is 12.6 Å². The molecular formula is C20H18ClNO4. The summed E-state index contributed by atoms with van der Waals surface area (Å²) in [5, 5.41) is 0.601. The summed E-state index contributed by atoms with van der Waals surface area (Å²) in [6.07, 6.45) is 2.65. The first kappa shape index (κ1) is 16.8. The average molecular weight is 372 g/mol. The zero-order valence-electron chi connectivity index (χ0n) is 14.5. The van der Waals surface area contributed by atoms with Gasteiger partial charge in [-0.25, -0.2) is 0 Å². The molecule has 2 aliphatic rings. The van der Waals surface area contributed by atoms with Crippen LogP contribution in [-0.4, -0.2) is 38.2 Å². The SMILES string of the molecule is COc1c2c(cc3c1OCO3)CCN(C)C(C(=O)c1ccc(Cl)cc1)=C2. The summed E-state index contributed by atoms with van der Waals surface area (Å²) in [6.45, 7) is 0.885. The van der Waals surface area contributed by atoms with E-state index < -0.39 is 0 Å². The predicted octanol–water partition coefficient (Wildman–Crippen LogP) is 3.79. The number of allylic oxidation sites excluding steroid dienone is 1. The van der Waals surface area contributed by atoms with Crippen molar-refractivity contribution < 1.29 is 19.0 Å². The highest BCUT2D eigenvalue weighted by molar-refractivity contribution is 6.30. The predicted molar refractivity (Wildman–Crippen MR) is 99.2 cm³/mol. The van der Waals surface area contributed by atoms with E-state index in [4.69, 9.17) is 25.8 Å². The molecule has 134 valence electrons. The molecule has 0 aromatic heterocycles. The Morgan fingerprint density at radius 1 is 1.23 bits per heavy atom. The molecule has 4 rings (SSSR count). The molecule has 2 aromatic carbocycles. The van der Waals surface area contributed by atoms with Gasteiger partial charge in [0.05, 0.1) is 12.8 Å². The fourth-order valence-electron chi connectivity index (χ4n) is 3.29. The van der Waals surface area contributed by atoms with E-state index >= 15 is 0 Å². The number of hydrogen-bond donors (Lipinski definition) is 0. The summed E-state index contributed by atoms with van der Waals surface area (Å²) in [5.41, 5.74) is 3.12. The second kappa shape index (κ2) is 6.57. The number of benzene rings is 2. The maximum Gasteiger partial charge on any atom is 0.231 e. The van der Waals surface area contributed by atoms with Crippen LogP contribution < -0.4 is 14.2 Å². The number of hydrogen-bond acceptors (Lipinski definition) is 5. The van der Waals surface area contributed by atoms with Gasteiger partial charge in [-0.2, -0.15) is 0 Å². The largest absolute Gasteiger partial charge is 0.492 e. The van der Waals surface area contributed by atoms with Crippen LogP contribution in [0, 0.1) is 0 Å². The van der Waals surface area contributed by atoms with Crippen molar-refractivity contribution in [2.75, 3.05) is 27.5 Å². The number of ether oxygens (including phenoxy) is 3. The van der Waals surface area contributed by atoms with Crippen LogP contribution in [-0.2, 0) is 6.42 Å². The van der Waals surface area contributed by atoms with Crippen LogP contribution in [0.15, 0.2) is 36.0 Å². The Hall–Kier alpha value is -2.66. The molecule has 0 bridgehead atoms. The molecule has 2 aliphatic heterocycles. The molecule has 0 radical (unpaired) electrons. The lowest BCUT2D eigenvalue weighted by Crippen LogP contribution is -2.24. The number of carbonyl (C=O) groups excluding carboxylic acids is 1. The highest BCUT2D eigenvalue weighted by Crippen LogP contribution is 2.46. The third kappa shape index (κ3) is 2.78. The number of methoxy groups -OCH3 is 1. The Bertz CT molecular complexity index is 905. The minimum Gasteiger partial charge on any atom is -0.492 e. The highest BCUT2D eigenvalue weighted by Gasteiger charge is 2.28. The molecule has 0 fully saturated rings. The summed E-state index contributed by atoms with van der Waals surface area (Å²) in [4.78, 5) is 15.0. The smallest absolute Gasteiger partial charge is 0.231 e. The zero-order chi connectivity index (χ0) is 18.3. The molecule has 5 nitrogen and oxygen atoms in total. The molecule has 0 saturated carbocycles. The summed E-state index contributed by atoms with van der Waals surface area (Å²) < 4.78 is 16.7. The summed E-state index contributed by atoms with van der Waals surface area (Å²) in [7, 11) is 3.51. The number of nitrogens with zero attached hydrogens (tertiary/aromatic N) is 1. The van der Waals surface area contributed by atoms with Crippen LogP contribution in [0.25, 0.3) is 6.08 Å². The van der Waals surface area contributed by atoms with Crippen molar-refractivity contribution in [1.82, 2.24) is 4.90 Å². The van der Waals surface area contributed by atoms with Gasteiger partial charge < -0.3 is 19.1 Å². The standard InChI is InChI=1S/C20H18ClNO4/c1-22-8-7-13-9-17-20(26-11-25-17)19(24-2)15(13)10-16(22)18(23)12-3-5-14(21)6-4-12/h3-6,9-10H,7-8,11H2,1-2H3. The van der Waals surface area contributed by atoms with Crippen molar-refractivity contribution in [3.63, 3.8) is 0 Å². The summed E-state index contributed by atoms with van der Waals surface area (Å²) in [6, 6.07) is 8.89. The first-order valence-electron chi connectivity index (χ1n) is 8.31.